The van der Waals surface area contributed by atoms with E-state index >= 15 is 0 Å². The lowest BCUT2D eigenvalue weighted by Crippen LogP contribution is -2.11. The largest absolute Gasteiger partial charge is 0.409 e. The molecule has 0 bridgehead atoms. The van der Waals surface area contributed by atoms with E-state index in [2.05, 4.69) is 0 Å². The quantitative estimate of drug-likeness (QED) is 0.671. The zero-order chi connectivity index (χ0) is 18.2. The van der Waals surface area contributed by atoms with Crippen molar-refractivity contribution in [3.05, 3.63) is 71.9 Å². The highest BCUT2D eigenvalue weighted by Crippen LogP contribution is 2.25. The van der Waals surface area contributed by atoms with Crippen molar-refractivity contribution in [1.29, 1.82) is 0 Å². The molecule has 0 spiro atoms. The van der Waals surface area contributed by atoms with Crippen molar-refractivity contribution in [3.63, 3.8) is 0 Å². The summed E-state index contributed by atoms with van der Waals surface area (Å²) in [6.45, 7) is 1.86. The number of fused-ring (bicyclic) bond motifs is 1. The summed E-state index contributed by atoms with van der Waals surface area (Å²) in [4.78, 5) is 0.150. The van der Waals surface area contributed by atoms with E-state index in [9.17, 15) is 21.6 Å². The zero-order valence-corrected chi connectivity index (χ0v) is 14.0. The summed E-state index contributed by atoms with van der Waals surface area (Å²) in [7, 11) is -3.77. The molecular weight excluding hydrogens is 351 g/mol. The fourth-order valence-electron chi connectivity index (χ4n) is 2.46. The number of aromatic nitrogens is 1. The Morgan fingerprint density at radius 3 is 2.32 bits per heavy atom. The first-order valence-corrected chi connectivity index (χ1v) is 8.80. The van der Waals surface area contributed by atoms with Gasteiger partial charge in [0.25, 0.3) is 10.0 Å². The van der Waals surface area contributed by atoms with Gasteiger partial charge in [0.2, 0.25) is 0 Å². The molecule has 0 atom stereocenters. The lowest BCUT2D eigenvalue weighted by Gasteiger charge is -2.08. The van der Waals surface area contributed by atoms with Crippen LogP contribution in [0.25, 0.3) is 17.0 Å². The molecule has 1 heterocycles. The van der Waals surface area contributed by atoms with Crippen molar-refractivity contribution in [2.45, 2.75) is 18.0 Å². The molecule has 1 aromatic heterocycles. The summed E-state index contributed by atoms with van der Waals surface area (Å²) in [5.41, 5.74) is 1.69. The molecule has 3 nitrogen and oxygen atoms in total. The highest BCUT2D eigenvalue weighted by atomic mass is 32.2. The van der Waals surface area contributed by atoms with E-state index in [-0.39, 0.29) is 11.0 Å². The third kappa shape index (κ3) is 3.61. The molecule has 0 aliphatic carbocycles. The van der Waals surface area contributed by atoms with E-state index in [1.807, 2.05) is 6.92 Å². The van der Waals surface area contributed by atoms with Gasteiger partial charge < -0.3 is 0 Å². The Kier molecular flexibility index (Phi) is 4.20. The Hall–Kier alpha value is -2.54. The Balaban J connectivity index is 2.04. The molecule has 0 unspecified atom stereocenters. The van der Waals surface area contributed by atoms with Crippen LogP contribution in [0.5, 0.6) is 0 Å². The van der Waals surface area contributed by atoms with E-state index < -0.39 is 16.2 Å². The highest BCUT2D eigenvalue weighted by Gasteiger charge is 2.22. The second kappa shape index (κ2) is 6.07. The number of nitrogens with zero attached hydrogens (tertiary/aromatic N) is 1. The normalized spacial score (nSPS) is 13.0. The molecule has 25 heavy (non-hydrogen) atoms. The van der Waals surface area contributed by atoms with Gasteiger partial charge in [-0.2, -0.15) is 13.2 Å². The fourth-order valence-corrected chi connectivity index (χ4v) is 3.82. The van der Waals surface area contributed by atoms with Gasteiger partial charge >= 0.3 is 6.18 Å². The number of benzene rings is 2. The van der Waals surface area contributed by atoms with E-state index in [0.717, 1.165) is 15.6 Å². The standard InChI is InChI=1S/C18H14F3NO2S/c1-13-2-5-16(6-3-13)25(23,24)22-11-9-15-12-14(4-7-17(15)22)8-10-18(19,20)21/h2-12H,1H3/b10-8-. The number of allylic oxidation sites excluding steroid dienone is 1. The van der Waals surface area contributed by atoms with Crippen LogP contribution in [0.1, 0.15) is 11.1 Å². The molecule has 0 saturated heterocycles. The van der Waals surface area contributed by atoms with Crippen molar-refractivity contribution < 1.29 is 21.6 Å². The molecule has 3 rings (SSSR count). The minimum absolute atomic E-state index is 0.147. The fraction of sp³-hybridized carbons (Fsp3) is 0.111. The van der Waals surface area contributed by atoms with Crippen LogP contribution in [0, 0.1) is 6.92 Å². The van der Waals surface area contributed by atoms with Crippen LogP contribution in [0.4, 0.5) is 13.2 Å². The summed E-state index contributed by atoms with van der Waals surface area (Å²) < 4.78 is 63.4. The summed E-state index contributed by atoms with van der Waals surface area (Å²) in [5.74, 6) is 0. The molecule has 130 valence electrons. The van der Waals surface area contributed by atoms with Crippen molar-refractivity contribution in [2.24, 2.45) is 0 Å². The minimum Gasteiger partial charge on any atom is -0.241 e. The number of hydrogen-bond acceptors (Lipinski definition) is 2. The maximum Gasteiger partial charge on any atom is 0.409 e. The molecule has 3 aromatic rings. The monoisotopic (exact) mass is 365 g/mol. The maximum absolute atomic E-state index is 12.8. The number of halogens is 3. The first kappa shape index (κ1) is 17.3. The molecule has 2 aromatic carbocycles. The molecule has 0 radical (unpaired) electrons. The van der Waals surface area contributed by atoms with Gasteiger partial charge in [0.05, 0.1) is 10.4 Å². The van der Waals surface area contributed by atoms with Gasteiger partial charge in [0, 0.05) is 17.7 Å². The lowest BCUT2D eigenvalue weighted by molar-refractivity contribution is -0.0790. The van der Waals surface area contributed by atoms with Crippen molar-refractivity contribution in [1.82, 2.24) is 3.97 Å². The van der Waals surface area contributed by atoms with Gasteiger partial charge in [-0.15, -0.1) is 0 Å². The summed E-state index contributed by atoms with van der Waals surface area (Å²) in [6, 6.07) is 12.5. The van der Waals surface area contributed by atoms with E-state index in [0.29, 0.717) is 16.5 Å². The molecule has 0 saturated carbocycles. The Bertz CT molecular complexity index is 1050. The summed E-state index contributed by atoms with van der Waals surface area (Å²) in [6.07, 6.45) is -1.90. The molecule has 0 fully saturated rings. The summed E-state index contributed by atoms with van der Waals surface area (Å²) >= 11 is 0. The van der Waals surface area contributed by atoms with Gasteiger partial charge in [-0.3, -0.25) is 0 Å². The van der Waals surface area contributed by atoms with Crippen LogP contribution in [0.3, 0.4) is 0 Å². The smallest absolute Gasteiger partial charge is 0.241 e. The number of aryl methyl sites for hydroxylation is 1. The van der Waals surface area contributed by atoms with E-state index in [1.54, 1.807) is 18.2 Å². The first-order valence-electron chi connectivity index (χ1n) is 7.36. The number of alkyl halides is 3. The zero-order valence-electron chi connectivity index (χ0n) is 13.2. The number of rotatable bonds is 3. The molecular formula is C18H14F3NO2S. The average molecular weight is 365 g/mol. The Labute approximate surface area is 143 Å². The SMILES string of the molecule is Cc1ccc(S(=O)(=O)n2ccc3cc(/C=C\C(F)(F)F)ccc32)cc1. The van der Waals surface area contributed by atoms with Crippen LogP contribution in [0.2, 0.25) is 0 Å². The Morgan fingerprint density at radius 2 is 1.68 bits per heavy atom. The highest BCUT2D eigenvalue weighted by molar-refractivity contribution is 7.90. The van der Waals surface area contributed by atoms with Gasteiger partial charge in [-0.25, -0.2) is 12.4 Å². The minimum atomic E-state index is -4.39. The van der Waals surface area contributed by atoms with Crippen LogP contribution in [-0.2, 0) is 10.0 Å². The lowest BCUT2D eigenvalue weighted by atomic mass is 10.1. The third-order valence-electron chi connectivity index (χ3n) is 3.72. The Morgan fingerprint density at radius 1 is 1.00 bits per heavy atom. The second-order valence-corrected chi connectivity index (χ2v) is 7.44. The van der Waals surface area contributed by atoms with Gasteiger partial charge in [0.1, 0.15) is 0 Å². The van der Waals surface area contributed by atoms with Crippen LogP contribution < -0.4 is 0 Å². The third-order valence-corrected chi connectivity index (χ3v) is 5.43. The first-order chi connectivity index (χ1) is 11.7. The molecule has 0 aliphatic heterocycles. The molecule has 7 heteroatoms. The van der Waals surface area contributed by atoms with E-state index in [1.165, 1.54) is 36.5 Å². The number of hydrogen-bond donors (Lipinski definition) is 0. The van der Waals surface area contributed by atoms with Crippen molar-refractivity contribution in [2.75, 3.05) is 0 Å². The molecule has 0 N–H and O–H groups in total. The summed E-state index contributed by atoms with van der Waals surface area (Å²) in [5, 5.41) is 0.542. The topological polar surface area (TPSA) is 39.1 Å². The van der Waals surface area contributed by atoms with Gasteiger partial charge in [-0.1, -0.05) is 29.8 Å². The average Bonchev–Trinajstić information content (AvgIpc) is 2.96. The van der Waals surface area contributed by atoms with Gasteiger partial charge in [0.15, 0.2) is 0 Å². The van der Waals surface area contributed by atoms with Crippen LogP contribution >= 0.6 is 0 Å². The molecule has 0 aliphatic rings. The predicted octanol–water partition coefficient (Wildman–Crippen LogP) is 4.76. The van der Waals surface area contributed by atoms with Crippen LogP contribution in [0.15, 0.2) is 65.7 Å². The van der Waals surface area contributed by atoms with Crippen molar-refractivity contribution in [3.8, 4) is 0 Å². The van der Waals surface area contributed by atoms with Crippen LogP contribution in [-0.4, -0.2) is 18.6 Å². The van der Waals surface area contributed by atoms with Crippen molar-refractivity contribution >= 4 is 27.0 Å². The van der Waals surface area contributed by atoms with Gasteiger partial charge in [-0.05, 0) is 42.8 Å². The van der Waals surface area contributed by atoms with E-state index in [4.69, 9.17) is 0 Å². The second-order valence-electron chi connectivity index (χ2n) is 5.62. The maximum atomic E-state index is 12.8. The predicted molar refractivity (Wildman–Crippen MR) is 90.8 cm³/mol. The molecule has 0 amide bonds.